The molecule has 0 saturated carbocycles. The minimum Gasteiger partial charge on any atom is -0.465 e. The summed E-state index contributed by atoms with van der Waals surface area (Å²) in [6.45, 7) is 0. The van der Waals surface area contributed by atoms with Crippen molar-refractivity contribution in [1.82, 2.24) is 0 Å². The largest absolute Gasteiger partial charge is 0.465 e. The maximum atomic E-state index is 11.8. The van der Waals surface area contributed by atoms with Crippen LogP contribution in [-0.4, -0.2) is 26.2 Å². The van der Waals surface area contributed by atoms with Gasteiger partial charge < -0.3 is 15.2 Å². The molecule has 0 fully saturated rings. The molecule has 2 N–H and O–H groups in total. The number of hydrogen-bond donors (Lipinski definition) is 1. The van der Waals surface area contributed by atoms with Gasteiger partial charge in [0.15, 0.2) is 0 Å². The van der Waals surface area contributed by atoms with E-state index in [0.29, 0.717) is 16.8 Å². The Hall–Kier alpha value is -2.47. The van der Waals surface area contributed by atoms with Crippen LogP contribution in [-0.2, 0) is 9.47 Å². The monoisotopic (exact) mass is 317 g/mol. The number of nitrogens with two attached hydrogens (primary N) is 1. The van der Waals surface area contributed by atoms with Crippen molar-refractivity contribution < 1.29 is 19.1 Å². The first-order chi connectivity index (χ1) is 10.6. The molecule has 0 bridgehead atoms. The summed E-state index contributed by atoms with van der Waals surface area (Å²) in [6.07, 6.45) is 0. The summed E-state index contributed by atoms with van der Waals surface area (Å²) in [7, 11) is 2.65. The maximum absolute atomic E-state index is 11.8. The molecule has 0 aromatic heterocycles. The van der Waals surface area contributed by atoms with E-state index in [2.05, 4.69) is 4.74 Å². The van der Waals surface area contributed by atoms with Gasteiger partial charge in [-0.3, -0.25) is 0 Å². The highest BCUT2D eigenvalue weighted by Gasteiger charge is 2.14. The average Bonchev–Trinajstić information content (AvgIpc) is 2.55. The van der Waals surface area contributed by atoms with Crippen LogP contribution in [0.5, 0.6) is 0 Å². The SMILES string of the molecule is COC(=O)c1ccc(Sc2ccccc2C(=O)OC)c(N)c1. The highest BCUT2D eigenvalue weighted by molar-refractivity contribution is 7.99. The van der Waals surface area contributed by atoms with Crippen molar-refractivity contribution in [3.63, 3.8) is 0 Å². The Balaban J connectivity index is 2.32. The van der Waals surface area contributed by atoms with Gasteiger partial charge in [-0.05, 0) is 30.3 Å². The molecule has 0 unspecified atom stereocenters. The van der Waals surface area contributed by atoms with Crippen molar-refractivity contribution in [2.45, 2.75) is 9.79 Å². The highest BCUT2D eigenvalue weighted by atomic mass is 32.2. The third-order valence-corrected chi connectivity index (χ3v) is 4.11. The van der Waals surface area contributed by atoms with Gasteiger partial charge in [0.1, 0.15) is 0 Å². The van der Waals surface area contributed by atoms with Crippen LogP contribution < -0.4 is 5.73 Å². The number of benzene rings is 2. The predicted molar refractivity (Wildman–Crippen MR) is 84.1 cm³/mol. The van der Waals surface area contributed by atoms with Gasteiger partial charge in [-0.15, -0.1) is 0 Å². The Bertz CT molecular complexity index is 715. The molecule has 114 valence electrons. The molecular formula is C16H15NO4S. The number of carbonyl (C=O) groups is 2. The summed E-state index contributed by atoms with van der Waals surface area (Å²) < 4.78 is 9.42. The Morgan fingerprint density at radius 1 is 0.955 bits per heavy atom. The summed E-state index contributed by atoms with van der Waals surface area (Å²) in [4.78, 5) is 24.7. The second-order valence-corrected chi connectivity index (χ2v) is 5.42. The Morgan fingerprint density at radius 2 is 1.64 bits per heavy atom. The van der Waals surface area contributed by atoms with E-state index in [9.17, 15) is 9.59 Å². The van der Waals surface area contributed by atoms with Gasteiger partial charge in [0, 0.05) is 15.5 Å². The fraction of sp³-hybridized carbons (Fsp3) is 0.125. The van der Waals surface area contributed by atoms with Crippen molar-refractivity contribution in [2.75, 3.05) is 20.0 Å². The lowest BCUT2D eigenvalue weighted by atomic mass is 10.2. The average molecular weight is 317 g/mol. The van der Waals surface area contributed by atoms with Crippen LogP contribution in [0.25, 0.3) is 0 Å². The quantitative estimate of drug-likeness (QED) is 0.690. The molecule has 22 heavy (non-hydrogen) atoms. The first-order valence-electron chi connectivity index (χ1n) is 6.40. The number of nitrogen functional groups attached to an aromatic ring is 1. The molecule has 2 aromatic rings. The standard InChI is InChI=1S/C16H15NO4S/c1-20-15(18)10-7-8-14(12(17)9-10)22-13-6-4-3-5-11(13)16(19)21-2/h3-9H,17H2,1-2H3. The van der Waals surface area contributed by atoms with Gasteiger partial charge in [-0.2, -0.15) is 0 Å². The molecule has 0 aliphatic carbocycles. The zero-order valence-electron chi connectivity index (χ0n) is 12.2. The van der Waals surface area contributed by atoms with E-state index in [1.165, 1.54) is 26.0 Å². The second kappa shape index (κ2) is 7.00. The summed E-state index contributed by atoms with van der Waals surface area (Å²) >= 11 is 1.33. The molecule has 0 amide bonds. The number of methoxy groups -OCH3 is 2. The summed E-state index contributed by atoms with van der Waals surface area (Å²) in [6, 6.07) is 12.0. The number of esters is 2. The van der Waals surface area contributed by atoms with E-state index < -0.39 is 11.9 Å². The fourth-order valence-electron chi connectivity index (χ4n) is 1.84. The molecule has 0 spiro atoms. The van der Waals surface area contributed by atoms with E-state index in [-0.39, 0.29) is 0 Å². The molecule has 0 aliphatic rings. The lowest BCUT2D eigenvalue weighted by Crippen LogP contribution is -2.04. The van der Waals surface area contributed by atoms with E-state index in [0.717, 1.165) is 9.79 Å². The van der Waals surface area contributed by atoms with Crippen LogP contribution in [0.4, 0.5) is 5.69 Å². The maximum Gasteiger partial charge on any atom is 0.339 e. The van der Waals surface area contributed by atoms with Crippen LogP contribution in [0.3, 0.4) is 0 Å². The smallest absolute Gasteiger partial charge is 0.339 e. The van der Waals surface area contributed by atoms with Crippen LogP contribution >= 0.6 is 11.8 Å². The lowest BCUT2D eigenvalue weighted by Gasteiger charge is -2.10. The van der Waals surface area contributed by atoms with Crippen molar-refractivity contribution in [3.05, 3.63) is 53.6 Å². The van der Waals surface area contributed by atoms with Gasteiger partial charge in [-0.25, -0.2) is 9.59 Å². The van der Waals surface area contributed by atoms with Crippen LogP contribution in [0.1, 0.15) is 20.7 Å². The van der Waals surface area contributed by atoms with Crippen molar-refractivity contribution in [1.29, 1.82) is 0 Å². The van der Waals surface area contributed by atoms with Gasteiger partial charge in [0.25, 0.3) is 0 Å². The normalized spacial score (nSPS) is 10.1. The molecule has 5 nitrogen and oxygen atoms in total. The third-order valence-electron chi connectivity index (χ3n) is 2.94. The van der Waals surface area contributed by atoms with Crippen LogP contribution in [0, 0.1) is 0 Å². The summed E-state index contributed by atoms with van der Waals surface area (Å²) in [5.74, 6) is -0.855. The van der Waals surface area contributed by atoms with Gasteiger partial charge in [-0.1, -0.05) is 23.9 Å². The van der Waals surface area contributed by atoms with E-state index in [4.69, 9.17) is 10.5 Å². The van der Waals surface area contributed by atoms with Crippen molar-refractivity contribution in [3.8, 4) is 0 Å². The molecule has 2 aromatic carbocycles. The lowest BCUT2D eigenvalue weighted by molar-refractivity contribution is 0.0590. The molecule has 0 aliphatic heterocycles. The van der Waals surface area contributed by atoms with Gasteiger partial charge in [0.05, 0.1) is 25.3 Å². The predicted octanol–water partition coefficient (Wildman–Crippen LogP) is 2.99. The molecule has 0 saturated heterocycles. The second-order valence-electron chi connectivity index (χ2n) is 4.33. The molecular weight excluding hydrogens is 302 g/mol. The Labute approximate surface area is 132 Å². The minimum absolute atomic E-state index is 0.380. The Kier molecular flexibility index (Phi) is 5.06. The van der Waals surface area contributed by atoms with Crippen LogP contribution in [0.2, 0.25) is 0 Å². The molecule has 0 heterocycles. The third kappa shape index (κ3) is 3.40. The zero-order chi connectivity index (χ0) is 16.1. The van der Waals surface area contributed by atoms with Crippen LogP contribution in [0.15, 0.2) is 52.3 Å². The van der Waals surface area contributed by atoms with E-state index >= 15 is 0 Å². The van der Waals surface area contributed by atoms with Gasteiger partial charge in [0.2, 0.25) is 0 Å². The molecule has 0 radical (unpaired) electrons. The minimum atomic E-state index is -0.446. The first kappa shape index (κ1) is 15.9. The topological polar surface area (TPSA) is 78.6 Å². The number of rotatable bonds is 4. The summed E-state index contributed by atoms with van der Waals surface area (Å²) in [5.41, 5.74) is 7.26. The summed E-state index contributed by atoms with van der Waals surface area (Å²) in [5, 5.41) is 0. The number of carbonyl (C=O) groups excluding carboxylic acids is 2. The van der Waals surface area contributed by atoms with Gasteiger partial charge >= 0.3 is 11.9 Å². The molecule has 6 heteroatoms. The first-order valence-corrected chi connectivity index (χ1v) is 7.21. The number of ether oxygens (including phenoxy) is 2. The number of hydrogen-bond acceptors (Lipinski definition) is 6. The van der Waals surface area contributed by atoms with Crippen molar-refractivity contribution in [2.24, 2.45) is 0 Å². The van der Waals surface area contributed by atoms with E-state index in [1.54, 1.807) is 30.3 Å². The number of anilines is 1. The Morgan fingerprint density at radius 3 is 2.27 bits per heavy atom. The molecule has 0 atom stereocenters. The molecule has 2 rings (SSSR count). The zero-order valence-corrected chi connectivity index (χ0v) is 13.0. The highest BCUT2D eigenvalue weighted by Crippen LogP contribution is 2.34. The van der Waals surface area contributed by atoms with Crippen molar-refractivity contribution >= 4 is 29.4 Å². The van der Waals surface area contributed by atoms with E-state index in [1.807, 2.05) is 12.1 Å². The fourth-order valence-corrected chi connectivity index (χ4v) is 2.80.